The normalized spacial score (nSPS) is 24.8. The van der Waals surface area contributed by atoms with Gasteiger partial charge < -0.3 is 5.32 Å². The average Bonchev–Trinajstić information content (AvgIpc) is 1.88. The van der Waals surface area contributed by atoms with Crippen LogP contribution in [0, 0.1) is 0 Å². The molecule has 0 spiro atoms. The molecule has 1 heterocycles. The monoisotopic (exact) mass is 141 g/mol. The molecule has 1 aliphatic heterocycles. The second-order valence-electron chi connectivity index (χ2n) is 2.20. The van der Waals surface area contributed by atoms with Crippen LogP contribution in [0.15, 0.2) is 12.7 Å². The molecule has 0 bridgehead atoms. The van der Waals surface area contributed by atoms with E-state index >= 15 is 0 Å². The van der Waals surface area contributed by atoms with Crippen molar-refractivity contribution < 1.29 is 4.79 Å². The van der Waals surface area contributed by atoms with Gasteiger partial charge in [-0.25, -0.2) is 10.2 Å². The van der Waals surface area contributed by atoms with Crippen molar-refractivity contribution in [3.8, 4) is 0 Å². The van der Waals surface area contributed by atoms with E-state index < -0.39 is 0 Å². The van der Waals surface area contributed by atoms with E-state index in [0.717, 1.165) is 13.0 Å². The molecule has 1 aliphatic rings. The van der Waals surface area contributed by atoms with E-state index in [4.69, 9.17) is 0 Å². The van der Waals surface area contributed by atoms with Gasteiger partial charge in [-0.05, 0) is 6.42 Å². The Morgan fingerprint density at radius 2 is 2.60 bits per heavy atom. The molecule has 1 unspecified atom stereocenters. The van der Waals surface area contributed by atoms with Gasteiger partial charge in [0.05, 0.1) is 0 Å². The van der Waals surface area contributed by atoms with Gasteiger partial charge >= 0.3 is 6.03 Å². The Hall–Kier alpha value is -1.03. The Kier molecular flexibility index (Phi) is 2.28. The molecular formula is C6H11N3O. The molecule has 0 saturated carbocycles. The molecule has 4 heteroatoms. The predicted octanol–water partition coefficient (Wildman–Crippen LogP) is -0.251. The summed E-state index contributed by atoms with van der Waals surface area (Å²) in [4.78, 5) is 10.6. The Morgan fingerprint density at radius 1 is 1.80 bits per heavy atom. The molecule has 0 radical (unpaired) electrons. The van der Waals surface area contributed by atoms with E-state index in [-0.39, 0.29) is 12.1 Å². The van der Waals surface area contributed by atoms with Crippen LogP contribution in [0.5, 0.6) is 0 Å². The minimum absolute atomic E-state index is 0.168. The highest BCUT2D eigenvalue weighted by atomic mass is 16.2. The molecule has 0 aromatic carbocycles. The van der Waals surface area contributed by atoms with Crippen molar-refractivity contribution >= 4 is 6.03 Å². The zero-order valence-corrected chi connectivity index (χ0v) is 5.68. The second-order valence-corrected chi connectivity index (χ2v) is 2.20. The van der Waals surface area contributed by atoms with Crippen LogP contribution < -0.4 is 16.2 Å². The Labute approximate surface area is 59.6 Å². The average molecular weight is 141 g/mol. The predicted molar refractivity (Wildman–Crippen MR) is 38.3 cm³/mol. The smallest absolute Gasteiger partial charge is 0.329 e. The van der Waals surface area contributed by atoms with Gasteiger partial charge in [-0.1, -0.05) is 6.08 Å². The number of hydrogen-bond acceptors (Lipinski definition) is 2. The summed E-state index contributed by atoms with van der Waals surface area (Å²) in [5.41, 5.74) is 5.20. The van der Waals surface area contributed by atoms with Crippen LogP contribution >= 0.6 is 0 Å². The SMILES string of the molecule is C=CCC1CNNC(=O)N1. The third kappa shape index (κ3) is 1.73. The molecule has 1 atom stereocenters. The Balaban J connectivity index is 2.31. The van der Waals surface area contributed by atoms with E-state index in [1.54, 1.807) is 6.08 Å². The number of amides is 2. The Morgan fingerprint density at radius 3 is 3.20 bits per heavy atom. The third-order valence-corrected chi connectivity index (χ3v) is 1.34. The van der Waals surface area contributed by atoms with Crippen LogP contribution in [0.2, 0.25) is 0 Å². The molecule has 2 amide bonds. The first-order valence-corrected chi connectivity index (χ1v) is 3.23. The summed E-state index contributed by atoms with van der Waals surface area (Å²) < 4.78 is 0. The molecule has 1 saturated heterocycles. The van der Waals surface area contributed by atoms with E-state index in [1.165, 1.54) is 0 Å². The summed E-state index contributed by atoms with van der Waals surface area (Å²) in [6, 6.07) is 0.0179. The lowest BCUT2D eigenvalue weighted by molar-refractivity contribution is 0.222. The third-order valence-electron chi connectivity index (χ3n) is 1.34. The maximum atomic E-state index is 10.6. The number of nitrogens with one attached hydrogen (secondary N) is 3. The highest BCUT2D eigenvalue weighted by molar-refractivity contribution is 5.74. The van der Waals surface area contributed by atoms with Crippen LogP contribution in [0.3, 0.4) is 0 Å². The highest BCUT2D eigenvalue weighted by Gasteiger charge is 2.14. The molecule has 4 nitrogen and oxygen atoms in total. The van der Waals surface area contributed by atoms with Crippen molar-refractivity contribution in [2.45, 2.75) is 12.5 Å². The molecule has 0 aliphatic carbocycles. The first-order valence-electron chi connectivity index (χ1n) is 3.23. The first-order chi connectivity index (χ1) is 4.83. The lowest BCUT2D eigenvalue weighted by Crippen LogP contribution is -2.58. The summed E-state index contributed by atoms with van der Waals surface area (Å²) in [5.74, 6) is 0. The number of rotatable bonds is 2. The molecule has 1 rings (SSSR count). The van der Waals surface area contributed by atoms with Crippen molar-refractivity contribution in [2.24, 2.45) is 0 Å². The standard InChI is InChI=1S/C6H11N3O/c1-2-3-5-4-7-9-6(10)8-5/h2,5,7H,1,3-4H2,(H2,8,9,10). The lowest BCUT2D eigenvalue weighted by atomic mass is 10.2. The van der Waals surface area contributed by atoms with Gasteiger partial charge in [0.2, 0.25) is 0 Å². The van der Waals surface area contributed by atoms with Gasteiger partial charge in [0.25, 0.3) is 0 Å². The quantitative estimate of drug-likeness (QED) is 0.464. The first kappa shape index (κ1) is 7.08. The van der Waals surface area contributed by atoms with Crippen LogP contribution in [-0.4, -0.2) is 18.6 Å². The maximum Gasteiger partial charge on any atom is 0.329 e. The summed E-state index contributed by atoms with van der Waals surface area (Å²) in [5, 5.41) is 2.73. The highest BCUT2D eigenvalue weighted by Crippen LogP contribution is 1.92. The van der Waals surface area contributed by atoms with E-state index in [2.05, 4.69) is 22.7 Å². The van der Waals surface area contributed by atoms with Crippen LogP contribution in [0.25, 0.3) is 0 Å². The number of carbonyl (C=O) groups is 1. The zero-order valence-electron chi connectivity index (χ0n) is 5.68. The van der Waals surface area contributed by atoms with Crippen molar-refractivity contribution in [1.82, 2.24) is 16.2 Å². The molecule has 10 heavy (non-hydrogen) atoms. The minimum Gasteiger partial charge on any atom is -0.333 e. The van der Waals surface area contributed by atoms with Gasteiger partial charge in [-0.2, -0.15) is 0 Å². The van der Waals surface area contributed by atoms with E-state index in [1.807, 2.05) is 0 Å². The van der Waals surface area contributed by atoms with Crippen molar-refractivity contribution in [3.05, 3.63) is 12.7 Å². The van der Waals surface area contributed by atoms with Gasteiger partial charge in [-0.3, -0.25) is 5.43 Å². The summed E-state index contributed by atoms with van der Waals surface area (Å²) >= 11 is 0. The lowest BCUT2D eigenvalue weighted by Gasteiger charge is -2.23. The fraction of sp³-hybridized carbons (Fsp3) is 0.500. The molecule has 0 aromatic rings. The maximum absolute atomic E-state index is 10.6. The van der Waals surface area contributed by atoms with Crippen LogP contribution in [0.4, 0.5) is 4.79 Å². The zero-order chi connectivity index (χ0) is 7.40. The summed E-state index contributed by atoms with van der Waals surface area (Å²) in [6.07, 6.45) is 2.60. The van der Waals surface area contributed by atoms with Crippen LogP contribution in [-0.2, 0) is 0 Å². The summed E-state index contributed by atoms with van der Waals surface area (Å²) in [7, 11) is 0. The van der Waals surface area contributed by atoms with Gasteiger partial charge in [0.15, 0.2) is 0 Å². The largest absolute Gasteiger partial charge is 0.333 e. The second kappa shape index (κ2) is 3.22. The molecule has 1 fully saturated rings. The minimum atomic E-state index is -0.168. The topological polar surface area (TPSA) is 53.2 Å². The van der Waals surface area contributed by atoms with Crippen molar-refractivity contribution in [1.29, 1.82) is 0 Å². The van der Waals surface area contributed by atoms with Crippen LogP contribution in [0.1, 0.15) is 6.42 Å². The molecular weight excluding hydrogens is 130 g/mol. The van der Waals surface area contributed by atoms with Gasteiger partial charge in [-0.15, -0.1) is 6.58 Å². The van der Waals surface area contributed by atoms with Crippen molar-refractivity contribution in [3.63, 3.8) is 0 Å². The molecule has 0 aromatic heterocycles. The Bertz CT molecular complexity index is 146. The van der Waals surface area contributed by atoms with E-state index in [0.29, 0.717) is 0 Å². The fourth-order valence-electron chi connectivity index (χ4n) is 0.870. The number of hydrazine groups is 1. The molecule has 56 valence electrons. The van der Waals surface area contributed by atoms with E-state index in [9.17, 15) is 4.79 Å². The number of urea groups is 1. The molecule has 3 N–H and O–H groups in total. The fourth-order valence-corrected chi connectivity index (χ4v) is 0.870. The van der Waals surface area contributed by atoms with Gasteiger partial charge in [0.1, 0.15) is 0 Å². The van der Waals surface area contributed by atoms with Gasteiger partial charge in [0, 0.05) is 12.6 Å². The summed E-state index contributed by atoms with van der Waals surface area (Å²) in [6.45, 7) is 4.33. The number of hydrogen-bond donors (Lipinski definition) is 3. The number of carbonyl (C=O) groups excluding carboxylic acids is 1. The van der Waals surface area contributed by atoms with Crippen molar-refractivity contribution in [2.75, 3.05) is 6.54 Å².